The number of ether oxygens (including phenoxy) is 1. The van der Waals surface area contributed by atoms with Crippen molar-refractivity contribution in [1.29, 1.82) is 0 Å². The largest absolute Gasteiger partial charge is 0.465 e. The number of methoxy groups -OCH3 is 1. The minimum absolute atomic E-state index is 0.0252. The second-order valence-corrected chi connectivity index (χ2v) is 8.08. The Hall–Kier alpha value is -3.37. The van der Waals surface area contributed by atoms with Gasteiger partial charge in [-0.1, -0.05) is 79.5 Å². The van der Waals surface area contributed by atoms with Crippen LogP contribution in [0, 0.1) is 0 Å². The summed E-state index contributed by atoms with van der Waals surface area (Å²) >= 11 is 6.47. The highest BCUT2D eigenvalue weighted by atomic mass is 35.5. The highest BCUT2D eigenvalue weighted by molar-refractivity contribution is 6.31. The van der Waals surface area contributed by atoms with Gasteiger partial charge in [-0.25, -0.2) is 4.79 Å². The minimum atomic E-state index is -0.412. The molecule has 0 amide bonds. The monoisotopic (exact) mass is 445 g/mol. The molecular formula is C27H24ClNO3. The third-order valence-electron chi connectivity index (χ3n) is 5.63. The van der Waals surface area contributed by atoms with Crippen LogP contribution in [0.15, 0.2) is 72.8 Å². The van der Waals surface area contributed by atoms with Gasteiger partial charge in [0.25, 0.3) is 0 Å². The van der Waals surface area contributed by atoms with Gasteiger partial charge in [-0.3, -0.25) is 4.79 Å². The van der Waals surface area contributed by atoms with Gasteiger partial charge in [0.1, 0.15) is 0 Å². The van der Waals surface area contributed by atoms with Gasteiger partial charge in [-0.15, -0.1) is 0 Å². The average molecular weight is 446 g/mol. The van der Waals surface area contributed by atoms with Crippen LogP contribution >= 0.6 is 11.6 Å². The zero-order valence-corrected chi connectivity index (χ0v) is 18.9. The Morgan fingerprint density at radius 2 is 1.66 bits per heavy atom. The van der Waals surface area contributed by atoms with E-state index in [4.69, 9.17) is 16.3 Å². The quantitative estimate of drug-likeness (QED) is 0.247. The number of carbonyl (C=O) groups is 2. The van der Waals surface area contributed by atoms with Crippen LogP contribution in [0.25, 0.3) is 10.9 Å². The maximum atomic E-state index is 13.6. The number of hydrogen-bond acceptors (Lipinski definition) is 3. The summed E-state index contributed by atoms with van der Waals surface area (Å²) in [6.45, 7) is 2.59. The van der Waals surface area contributed by atoms with Crippen LogP contribution in [0.4, 0.5) is 0 Å². The molecule has 4 nitrogen and oxygen atoms in total. The molecule has 0 aliphatic heterocycles. The number of ketones is 1. The lowest BCUT2D eigenvalue weighted by atomic mass is 9.98. The molecule has 0 spiro atoms. The zero-order chi connectivity index (χ0) is 22.7. The number of benzene rings is 3. The Balaban J connectivity index is 1.99. The van der Waals surface area contributed by atoms with Crippen molar-refractivity contribution >= 4 is 34.3 Å². The number of esters is 1. The fourth-order valence-electron chi connectivity index (χ4n) is 4.11. The first-order valence-electron chi connectivity index (χ1n) is 10.6. The van der Waals surface area contributed by atoms with Crippen molar-refractivity contribution in [2.45, 2.75) is 26.3 Å². The van der Waals surface area contributed by atoms with Crippen molar-refractivity contribution in [2.24, 2.45) is 0 Å². The van der Waals surface area contributed by atoms with Crippen LogP contribution in [-0.2, 0) is 17.7 Å². The lowest BCUT2D eigenvalue weighted by Crippen LogP contribution is -2.10. The van der Waals surface area contributed by atoms with E-state index in [2.05, 4.69) is 11.5 Å². The van der Waals surface area contributed by atoms with Crippen LogP contribution in [0.3, 0.4) is 0 Å². The summed E-state index contributed by atoms with van der Waals surface area (Å²) in [5.74, 6) is -0.437. The molecule has 0 radical (unpaired) electrons. The fourth-order valence-corrected chi connectivity index (χ4v) is 4.30. The molecule has 162 valence electrons. The van der Waals surface area contributed by atoms with Gasteiger partial charge in [0.2, 0.25) is 0 Å². The van der Waals surface area contributed by atoms with Gasteiger partial charge in [-0.05, 0) is 30.2 Å². The molecule has 4 rings (SSSR count). The first-order valence-corrected chi connectivity index (χ1v) is 11.0. The molecule has 0 aliphatic carbocycles. The molecule has 0 atom stereocenters. The van der Waals surface area contributed by atoms with Crippen molar-refractivity contribution in [3.63, 3.8) is 0 Å². The Morgan fingerprint density at radius 3 is 2.34 bits per heavy atom. The van der Waals surface area contributed by atoms with Crippen LogP contribution < -0.4 is 0 Å². The van der Waals surface area contributed by atoms with Gasteiger partial charge >= 0.3 is 5.97 Å². The predicted molar refractivity (Wildman–Crippen MR) is 128 cm³/mol. The van der Waals surface area contributed by atoms with E-state index in [1.807, 2.05) is 60.7 Å². The standard InChI is InChI=1S/C27H24ClNO3/c1-3-9-23-25(26(30)18-10-5-4-6-11-18)21-15-14-19(27(31)32-2)16-24(21)29(23)17-20-12-7-8-13-22(20)28/h4-8,10-16H,3,9,17H2,1-2H3. The molecule has 5 heteroatoms. The number of carbonyl (C=O) groups excluding carboxylic acids is 2. The van der Waals surface area contributed by atoms with Gasteiger partial charge in [0, 0.05) is 28.2 Å². The first-order chi connectivity index (χ1) is 15.5. The van der Waals surface area contributed by atoms with Crippen molar-refractivity contribution in [1.82, 2.24) is 4.57 Å². The highest BCUT2D eigenvalue weighted by Crippen LogP contribution is 2.32. The van der Waals surface area contributed by atoms with E-state index >= 15 is 0 Å². The minimum Gasteiger partial charge on any atom is -0.465 e. The summed E-state index contributed by atoms with van der Waals surface area (Å²) in [6, 6.07) is 22.3. The van der Waals surface area contributed by atoms with Gasteiger partial charge in [0.05, 0.1) is 23.8 Å². The van der Waals surface area contributed by atoms with Crippen LogP contribution in [-0.4, -0.2) is 23.4 Å². The second kappa shape index (κ2) is 9.41. The van der Waals surface area contributed by atoms with Crippen LogP contribution in [0.5, 0.6) is 0 Å². The van der Waals surface area contributed by atoms with Gasteiger partial charge in [0.15, 0.2) is 5.78 Å². The number of rotatable bonds is 7. The van der Waals surface area contributed by atoms with Crippen LogP contribution in [0.1, 0.15) is 50.9 Å². The number of nitrogens with zero attached hydrogens (tertiary/aromatic N) is 1. The Kier molecular flexibility index (Phi) is 6.42. The van der Waals surface area contributed by atoms with E-state index in [-0.39, 0.29) is 5.78 Å². The van der Waals surface area contributed by atoms with Crippen molar-refractivity contribution < 1.29 is 14.3 Å². The second-order valence-electron chi connectivity index (χ2n) is 7.67. The normalized spacial score (nSPS) is 11.0. The fraction of sp³-hybridized carbons (Fsp3) is 0.185. The predicted octanol–water partition coefficient (Wildman–Crippen LogP) is 6.31. The number of halogens is 1. The molecule has 32 heavy (non-hydrogen) atoms. The Bertz CT molecular complexity index is 1290. The summed E-state index contributed by atoms with van der Waals surface area (Å²) in [6.07, 6.45) is 1.60. The molecule has 0 aliphatic rings. The maximum absolute atomic E-state index is 13.6. The van der Waals surface area contributed by atoms with E-state index in [1.165, 1.54) is 7.11 Å². The topological polar surface area (TPSA) is 48.3 Å². The number of fused-ring (bicyclic) bond motifs is 1. The summed E-state index contributed by atoms with van der Waals surface area (Å²) in [7, 11) is 1.36. The van der Waals surface area contributed by atoms with Gasteiger partial charge in [-0.2, -0.15) is 0 Å². The SMILES string of the molecule is CCCc1c(C(=O)c2ccccc2)c2ccc(C(=O)OC)cc2n1Cc1ccccc1Cl. The maximum Gasteiger partial charge on any atom is 0.337 e. The number of aromatic nitrogens is 1. The summed E-state index contributed by atoms with van der Waals surface area (Å²) < 4.78 is 7.04. The molecule has 0 N–H and O–H groups in total. The highest BCUT2D eigenvalue weighted by Gasteiger charge is 2.24. The van der Waals surface area contributed by atoms with Crippen molar-refractivity contribution in [2.75, 3.05) is 7.11 Å². The van der Waals surface area contributed by atoms with Crippen molar-refractivity contribution in [3.8, 4) is 0 Å². The third-order valence-corrected chi connectivity index (χ3v) is 6.00. The molecule has 1 heterocycles. The molecule has 0 unspecified atom stereocenters. The summed E-state index contributed by atoms with van der Waals surface area (Å²) in [5.41, 5.74) is 4.47. The van der Waals surface area contributed by atoms with Crippen LogP contribution in [0.2, 0.25) is 5.02 Å². The van der Waals surface area contributed by atoms with Gasteiger partial charge < -0.3 is 9.30 Å². The van der Waals surface area contributed by atoms with E-state index in [0.29, 0.717) is 28.3 Å². The molecule has 1 aromatic heterocycles. The Morgan fingerprint density at radius 1 is 0.938 bits per heavy atom. The third kappa shape index (κ3) is 4.06. The lowest BCUT2D eigenvalue weighted by molar-refractivity contribution is 0.0600. The number of hydrogen-bond donors (Lipinski definition) is 0. The van der Waals surface area contributed by atoms with E-state index in [9.17, 15) is 9.59 Å². The molecule has 0 saturated heterocycles. The Labute approximate surface area is 192 Å². The molecule has 3 aromatic carbocycles. The molecule has 0 bridgehead atoms. The first kappa shape index (κ1) is 21.8. The van der Waals surface area contributed by atoms with Crippen molar-refractivity contribution in [3.05, 3.63) is 106 Å². The molecular weight excluding hydrogens is 422 g/mol. The summed E-state index contributed by atoms with van der Waals surface area (Å²) in [4.78, 5) is 25.9. The smallest absolute Gasteiger partial charge is 0.337 e. The molecule has 0 saturated carbocycles. The molecule has 4 aromatic rings. The molecule has 0 fully saturated rings. The van der Waals surface area contributed by atoms with E-state index in [1.54, 1.807) is 12.1 Å². The summed E-state index contributed by atoms with van der Waals surface area (Å²) in [5, 5.41) is 1.49. The van der Waals surface area contributed by atoms with E-state index < -0.39 is 5.97 Å². The average Bonchev–Trinajstić information content (AvgIpc) is 3.12. The zero-order valence-electron chi connectivity index (χ0n) is 18.1. The lowest BCUT2D eigenvalue weighted by Gasteiger charge is -2.13. The van der Waals surface area contributed by atoms with E-state index in [0.717, 1.165) is 35.0 Å².